The van der Waals surface area contributed by atoms with Gasteiger partial charge >= 0.3 is 0 Å². The Morgan fingerprint density at radius 2 is 1.91 bits per heavy atom. The van der Waals surface area contributed by atoms with Crippen LogP contribution < -0.4 is 5.32 Å². The highest BCUT2D eigenvalue weighted by Gasteiger charge is 2.34. The van der Waals surface area contributed by atoms with E-state index in [4.69, 9.17) is 16.6 Å². The van der Waals surface area contributed by atoms with Crippen molar-refractivity contribution in [3.8, 4) is 11.3 Å². The second-order valence-electron chi connectivity index (χ2n) is 8.09. The van der Waals surface area contributed by atoms with Crippen LogP contribution >= 0.6 is 22.9 Å². The number of aryl methyl sites for hydroxylation is 2. The molecular formula is C23H22ClN3O3S2. The highest BCUT2D eigenvalue weighted by atomic mass is 35.5. The average molecular weight is 488 g/mol. The zero-order valence-electron chi connectivity index (χ0n) is 17.3. The molecule has 1 amide bonds. The summed E-state index contributed by atoms with van der Waals surface area (Å²) in [6, 6.07) is 14.3. The topological polar surface area (TPSA) is 79.4 Å². The van der Waals surface area contributed by atoms with Gasteiger partial charge in [-0.25, -0.2) is 13.4 Å². The van der Waals surface area contributed by atoms with E-state index >= 15 is 0 Å². The fourth-order valence-electron chi connectivity index (χ4n) is 4.34. The van der Waals surface area contributed by atoms with Gasteiger partial charge in [0.15, 0.2) is 5.13 Å². The molecule has 166 valence electrons. The molecule has 2 aromatic carbocycles. The van der Waals surface area contributed by atoms with Crippen LogP contribution in [0.4, 0.5) is 5.13 Å². The minimum absolute atomic E-state index is 0.157. The highest BCUT2D eigenvalue weighted by molar-refractivity contribution is 7.89. The lowest BCUT2D eigenvalue weighted by Crippen LogP contribution is -2.43. The van der Waals surface area contributed by atoms with Crippen molar-refractivity contribution in [2.24, 2.45) is 5.92 Å². The van der Waals surface area contributed by atoms with E-state index < -0.39 is 15.9 Å². The number of thiazole rings is 1. The van der Waals surface area contributed by atoms with Gasteiger partial charge in [0.25, 0.3) is 0 Å². The van der Waals surface area contributed by atoms with Gasteiger partial charge in [0, 0.05) is 28.6 Å². The molecule has 1 N–H and O–H groups in total. The molecule has 0 spiro atoms. The Labute approximate surface area is 196 Å². The second-order valence-corrected chi connectivity index (χ2v) is 11.6. The minimum Gasteiger partial charge on any atom is -0.302 e. The predicted molar refractivity (Wildman–Crippen MR) is 127 cm³/mol. The maximum absolute atomic E-state index is 13.0. The molecule has 0 radical (unpaired) electrons. The minimum atomic E-state index is -3.67. The van der Waals surface area contributed by atoms with Gasteiger partial charge in [-0.05, 0) is 55.5 Å². The van der Waals surface area contributed by atoms with Crippen molar-refractivity contribution in [3.05, 3.63) is 64.0 Å². The number of anilines is 1. The molecule has 1 fully saturated rings. The number of benzene rings is 2. The van der Waals surface area contributed by atoms with Crippen LogP contribution in [0, 0.1) is 5.92 Å². The maximum atomic E-state index is 13.0. The maximum Gasteiger partial charge on any atom is 0.243 e. The molecule has 1 atom stereocenters. The summed E-state index contributed by atoms with van der Waals surface area (Å²) in [4.78, 5) is 19.1. The van der Waals surface area contributed by atoms with E-state index in [9.17, 15) is 13.2 Å². The third kappa shape index (κ3) is 4.08. The number of nitrogens with one attached hydrogen (secondary N) is 1. The lowest BCUT2D eigenvalue weighted by molar-refractivity contribution is -0.120. The first-order valence-corrected chi connectivity index (χ1v) is 13.2. The number of hydrogen-bond acceptors (Lipinski definition) is 5. The summed E-state index contributed by atoms with van der Waals surface area (Å²) >= 11 is 7.40. The van der Waals surface area contributed by atoms with Gasteiger partial charge in [0.1, 0.15) is 0 Å². The zero-order chi connectivity index (χ0) is 22.3. The number of nitrogens with zero attached hydrogens (tertiary/aromatic N) is 2. The summed E-state index contributed by atoms with van der Waals surface area (Å²) in [7, 11) is -3.67. The fourth-order valence-corrected chi connectivity index (χ4v) is 6.97. The molecule has 2 aliphatic rings. The van der Waals surface area contributed by atoms with E-state index in [0.717, 1.165) is 24.1 Å². The van der Waals surface area contributed by atoms with Crippen LogP contribution in [0.15, 0.2) is 53.4 Å². The second kappa shape index (κ2) is 8.59. The number of fused-ring (bicyclic) bond motifs is 3. The van der Waals surface area contributed by atoms with Crippen LogP contribution in [-0.4, -0.2) is 36.7 Å². The van der Waals surface area contributed by atoms with E-state index in [0.29, 0.717) is 29.5 Å². The van der Waals surface area contributed by atoms with Gasteiger partial charge in [-0.2, -0.15) is 4.31 Å². The summed E-state index contributed by atoms with van der Waals surface area (Å²) in [6.45, 7) is 0.557. The largest absolute Gasteiger partial charge is 0.302 e. The number of amides is 1. The Kier molecular flexibility index (Phi) is 5.79. The van der Waals surface area contributed by atoms with E-state index in [2.05, 4.69) is 17.4 Å². The van der Waals surface area contributed by atoms with Crippen molar-refractivity contribution in [1.29, 1.82) is 0 Å². The molecule has 1 saturated heterocycles. The highest BCUT2D eigenvalue weighted by Crippen LogP contribution is 2.38. The molecule has 2 heterocycles. The van der Waals surface area contributed by atoms with Crippen molar-refractivity contribution < 1.29 is 13.2 Å². The van der Waals surface area contributed by atoms with Crippen molar-refractivity contribution in [3.63, 3.8) is 0 Å². The molecule has 1 unspecified atom stereocenters. The molecule has 9 heteroatoms. The predicted octanol–water partition coefficient (Wildman–Crippen LogP) is 4.60. The van der Waals surface area contributed by atoms with Gasteiger partial charge < -0.3 is 5.32 Å². The number of halogens is 1. The third-order valence-corrected chi connectivity index (χ3v) is 9.19. The molecule has 5 rings (SSSR count). The van der Waals surface area contributed by atoms with Gasteiger partial charge in [0.2, 0.25) is 15.9 Å². The average Bonchev–Trinajstić information content (AvgIpc) is 3.22. The lowest BCUT2D eigenvalue weighted by atomic mass is 9.94. The number of hydrogen-bond donors (Lipinski definition) is 1. The summed E-state index contributed by atoms with van der Waals surface area (Å²) < 4.78 is 27.4. The fraction of sp³-hybridized carbons (Fsp3) is 0.304. The van der Waals surface area contributed by atoms with E-state index in [1.807, 2.05) is 12.1 Å². The SMILES string of the molecule is O=C(Nc1nc2c(s1)CCc1ccccc1-2)C1CCCN(S(=O)(=O)c2ccc(Cl)cc2)C1. The number of sulfonamides is 1. The van der Waals surface area contributed by atoms with Gasteiger partial charge in [-0.3, -0.25) is 4.79 Å². The molecule has 1 aliphatic heterocycles. The third-order valence-electron chi connectivity index (χ3n) is 6.03. The number of carbonyl (C=O) groups excluding carboxylic acids is 1. The van der Waals surface area contributed by atoms with Crippen LogP contribution in [0.1, 0.15) is 23.3 Å². The Morgan fingerprint density at radius 1 is 1.12 bits per heavy atom. The first kappa shape index (κ1) is 21.6. The zero-order valence-corrected chi connectivity index (χ0v) is 19.6. The Balaban J connectivity index is 1.31. The number of carbonyl (C=O) groups is 1. The molecule has 32 heavy (non-hydrogen) atoms. The molecule has 1 aliphatic carbocycles. The Morgan fingerprint density at radius 3 is 2.72 bits per heavy atom. The molecule has 1 aromatic heterocycles. The van der Waals surface area contributed by atoms with Crippen LogP contribution in [0.2, 0.25) is 5.02 Å². The van der Waals surface area contributed by atoms with Gasteiger partial charge in [-0.15, -0.1) is 11.3 Å². The molecular weight excluding hydrogens is 466 g/mol. The first-order valence-electron chi connectivity index (χ1n) is 10.6. The number of aromatic nitrogens is 1. The molecule has 0 saturated carbocycles. The number of piperidine rings is 1. The Hall–Kier alpha value is -2.26. The van der Waals surface area contributed by atoms with E-state index in [1.54, 1.807) is 12.1 Å². The van der Waals surface area contributed by atoms with Gasteiger partial charge in [-0.1, -0.05) is 35.9 Å². The first-order chi connectivity index (χ1) is 15.4. The molecule has 3 aromatic rings. The van der Waals surface area contributed by atoms with Crippen molar-refractivity contribution in [2.75, 3.05) is 18.4 Å². The van der Waals surface area contributed by atoms with Crippen LogP contribution in [0.3, 0.4) is 0 Å². The summed E-state index contributed by atoms with van der Waals surface area (Å²) in [5, 5.41) is 4.01. The van der Waals surface area contributed by atoms with Crippen LogP contribution in [0.5, 0.6) is 0 Å². The van der Waals surface area contributed by atoms with Crippen molar-refractivity contribution >= 4 is 44.0 Å². The van der Waals surface area contributed by atoms with Crippen LogP contribution in [0.25, 0.3) is 11.3 Å². The lowest BCUT2D eigenvalue weighted by Gasteiger charge is -2.31. The number of rotatable bonds is 4. The van der Waals surface area contributed by atoms with Gasteiger partial charge in [0.05, 0.1) is 16.5 Å². The summed E-state index contributed by atoms with van der Waals surface area (Å²) in [5.41, 5.74) is 3.35. The molecule has 0 bridgehead atoms. The normalized spacial score (nSPS) is 18.6. The standard InChI is InChI=1S/C23H22ClN3O3S2/c24-17-8-10-18(11-9-17)32(29,30)27-13-3-5-16(14-27)22(28)26-23-25-21-19-6-2-1-4-15(19)7-12-20(21)31-23/h1-2,4,6,8-11,16H,3,5,7,12-14H2,(H,25,26,28). The quantitative estimate of drug-likeness (QED) is 0.583. The summed E-state index contributed by atoms with van der Waals surface area (Å²) in [5.74, 6) is -0.598. The summed E-state index contributed by atoms with van der Waals surface area (Å²) in [6.07, 6.45) is 3.16. The monoisotopic (exact) mass is 487 g/mol. The van der Waals surface area contributed by atoms with Crippen molar-refractivity contribution in [2.45, 2.75) is 30.6 Å². The van der Waals surface area contributed by atoms with Crippen LogP contribution in [-0.2, 0) is 27.7 Å². The Bertz CT molecular complexity index is 1270. The molecule has 6 nitrogen and oxygen atoms in total. The smallest absolute Gasteiger partial charge is 0.243 e. The van der Waals surface area contributed by atoms with E-state index in [1.165, 1.54) is 38.2 Å². The van der Waals surface area contributed by atoms with E-state index in [-0.39, 0.29) is 17.3 Å². The van der Waals surface area contributed by atoms with Crippen molar-refractivity contribution in [1.82, 2.24) is 9.29 Å².